The molecule has 28 heavy (non-hydrogen) atoms. The summed E-state index contributed by atoms with van der Waals surface area (Å²) >= 11 is 0. The summed E-state index contributed by atoms with van der Waals surface area (Å²) in [4.78, 5) is 29.1. The van der Waals surface area contributed by atoms with E-state index in [1.807, 2.05) is 29.2 Å². The summed E-state index contributed by atoms with van der Waals surface area (Å²) in [5, 5.41) is 3.04. The van der Waals surface area contributed by atoms with Gasteiger partial charge in [0.15, 0.2) is 0 Å². The minimum atomic E-state index is -0.0491. The highest BCUT2D eigenvalue weighted by atomic mass is 16.5. The van der Waals surface area contributed by atoms with E-state index in [0.717, 1.165) is 51.0 Å². The van der Waals surface area contributed by atoms with Crippen molar-refractivity contribution in [2.45, 2.75) is 39.5 Å². The number of nitrogens with zero attached hydrogens (tertiary/aromatic N) is 2. The lowest BCUT2D eigenvalue weighted by Gasteiger charge is -2.31. The molecule has 1 aromatic carbocycles. The van der Waals surface area contributed by atoms with Crippen molar-refractivity contribution in [2.75, 3.05) is 44.6 Å². The molecule has 3 rings (SSSR count). The molecular weight excluding hydrogens is 354 g/mol. The van der Waals surface area contributed by atoms with Crippen LogP contribution in [-0.2, 0) is 9.59 Å². The fourth-order valence-electron chi connectivity index (χ4n) is 3.71. The molecule has 1 aromatic rings. The number of amides is 2. The molecule has 2 aliphatic rings. The molecule has 1 aliphatic heterocycles. The monoisotopic (exact) mass is 387 g/mol. The standard InChI is InChI=1S/C22H33N3O3/c1-3-24(4-2)15-16-28-20-8-6-5-7-19(20)23-21(26)17-11-13-25(14-12-17)22(27)18-9-10-18/h5-8,17-18H,3-4,9-16H2,1-2H3,(H,23,26). The number of carbonyl (C=O) groups is 2. The van der Waals surface area contributed by atoms with Crippen molar-refractivity contribution in [1.82, 2.24) is 9.80 Å². The molecule has 0 unspecified atom stereocenters. The van der Waals surface area contributed by atoms with Crippen LogP contribution < -0.4 is 10.1 Å². The number of hydrogen-bond acceptors (Lipinski definition) is 4. The smallest absolute Gasteiger partial charge is 0.227 e. The second-order valence-corrected chi connectivity index (χ2v) is 7.73. The van der Waals surface area contributed by atoms with Crippen LogP contribution in [0.5, 0.6) is 5.75 Å². The van der Waals surface area contributed by atoms with Gasteiger partial charge in [0.1, 0.15) is 12.4 Å². The molecule has 6 heteroatoms. The summed E-state index contributed by atoms with van der Waals surface area (Å²) in [6.45, 7) is 9.12. The molecular formula is C22H33N3O3. The molecule has 0 bridgehead atoms. The highest BCUT2D eigenvalue weighted by Gasteiger charge is 2.36. The molecule has 2 fully saturated rings. The zero-order valence-electron chi connectivity index (χ0n) is 17.2. The van der Waals surface area contributed by atoms with Crippen molar-refractivity contribution in [3.05, 3.63) is 24.3 Å². The first-order valence-electron chi connectivity index (χ1n) is 10.7. The van der Waals surface area contributed by atoms with Crippen LogP contribution in [-0.4, -0.2) is 60.9 Å². The van der Waals surface area contributed by atoms with Gasteiger partial charge in [-0.25, -0.2) is 0 Å². The lowest BCUT2D eigenvalue weighted by molar-refractivity contribution is -0.135. The van der Waals surface area contributed by atoms with E-state index in [2.05, 4.69) is 24.1 Å². The molecule has 0 spiro atoms. The molecule has 1 saturated carbocycles. The van der Waals surface area contributed by atoms with E-state index >= 15 is 0 Å². The van der Waals surface area contributed by atoms with Crippen LogP contribution in [0.4, 0.5) is 5.69 Å². The Morgan fingerprint density at radius 3 is 2.39 bits per heavy atom. The van der Waals surface area contributed by atoms with Crippen molar-refractivity contribution < 1.29 is 14.3 Å². The molecule has 1 saturated heterocycles. The van der Waals surface area contributed by atoms with Gasteiger partial charge >= 0.3 is 0 Å². The van der Waals surface area contributed by atoms with Gasteiger partial charge in [0.05, 0.1) is 5.69 Å². The van der Waals surface area contributed by atoms with E-state index in [1.165, 1.54) is 0 Å². The van der Waals surface area contributed by atoms with Gasteiger partial charge in [-0.15, -0.1) is 0 Å². The number of anilines is 1. The number of likely N-dealkylation sites (tertiary alicyclic amines) is 1. The van der Waals surface area contributed by atoms with E-state index in [0.29, 0.717) is 25.4 Å². The fourth-order valence-corrected chi connectivity index (χ4v) is 3.71. The number of likely N-dealkylation sites (N-methyl/N-ethyl adjacent to an activating group) is 1. The number of para-hydroxylation sites is 2. The van der Waals surface area contributed by atoms with Crippen LogP contribution in [0.25, 0.3) is 0 Å². The highest BCUT2D eigenvalue weighted by molar-refractivity contribution is 5.94. The van der Waals surface area contributed by atoms with Gasteiger partial charge in [-0.1, -0.05) is 26.0 Å². The minimum absolute atomic E-state index is 0.0262. The largest absolute Gasteiger partial charge is 0.490 e. The summed E-state index contributed by atoms with van der Waals surface area (Å²) in [7, 11) is 0. The predicted molar refractivity (Wildman–Crippen MR) is 110 cm³/mol. The fraction of sp³-hybridized carbons (Fsp3) is 0.636. The number of hydrogen-bond donors (Lipinski definition) is 1. The average Bonchev–Trinajstić information content (AvgIpc) is 3.57. The molecule has 1 aliphatic carbocycles. The van der Waals surface area contributed by atoms with Crippen LogP contribution in [0.2, 0.25) is 0 Å². The number of carbonyl (C=O) groups excluding carboxylic acids is 2. The van der Waals surface area contributed by atoms with Gasteiger partial charge in [-0.3, -0.25) is 9.59 Å². The summed E-state index contributed by atoms with van der Waals surface area (Å²) in [5.74, 6) is 1.23. The van der Waals surface area contributed by atoms with Gasteiger partial charge < -0.3 is 19.9 Å². The molecule has 1 heterocycles. The maximum Gasteiger partial charge on any atom is 0.227 e. The molecule has 0 aromatic heterocycles. The maximum absolute atomic E-state index is 12.7. The second kappa shape index (κ2) is 9.92. The summed E-state index contributed by atoms with van der Waals surface area (Å²) in [6, 6.07) is 7.61. The van der Waals surface area contributed by atoms with Crippen LogP contribution in [0.1, 0.15) is 39.5 Å². The Bertz CT molecular complexity index is 663. The number of benzene rings is 1. The Hall–Kier alpha value is -2.08. The van der Waals surface area contributed by atoms with E-state index in [-0.39, 0.29) is 23.7 Å². The van der Waals surface area contributed by atoms with Gasteiger partial charge in [-0.05, 0) is 50.9 Å². The molecule has 154 valence electrons. The van der Waals surface area contributed by atoms with Gasteiger partial charge in [0.25, 0.3) is 0 Å². The topological polar surface area (TPSA) is 61.9 Å². The third-order valence-electron chi connectivity index (χ3n) is 5.81. The van der Waals surface area contributed by atoms with Crippen molar-refractivity contribution >= 4 is 17.5 Å². The van der Waals surface area contributed by atoms with E-state index < -0.39 is 0 Å². The lowest BCUT2D eigenvalue weighted by atomic mass is 9.95. The quantitative estimate of drug-likeness (QED) is 0.708. The second-order valence-electron chi connectivity index (χ2n) is 7.73. The zero-order valence-corrected chi connectivity index (χ0v) is 17.2. The summed E-state index contributed by atoms with van der Waals surface area (Å²) in [6.07, 6.45) is 3.53. The normalized spacial score (nSPS) is 17.6. The molecule has 6 nitrogen and oxygen atoms in total. The molecule has 0 radical (unpaired) electrons. The Balaban J connectivity index is 1.49. The first kappa shape index (κ1) is 20.6. The SMILES string of the molecule is CCN(CC)CCOc1ccccc1NC(=O)C1CCN(C(=O)C2CC2)CC1. The highest BCUT2D eigenvalue weighted by Crippen LogP contribution is 2.33. The predicted octanol–water partition coefficient (Wildman–Crippen LogP) is 2.99. The Kier molecular flexibility index (Phi) is 7.31. The van der Waals surface area contributed by atoms with E-state index in [4.69, 9.17) is 4.74 Å². The Morgan fingerprint density at radius 1 is 1.07 bits per heavy atom. The number of nitrogens with one attached hydrogen (secondary N) is 1. The number of rotatable bonds is 9. The molecule has 2 amide bonds. The van der Waals surface area contributed by atoms with Gasteiger partial charge in [-0.2, -0.15) is 0 Å². The van der Waals surface area contributed by atoms with E-state index in [1.54, 1.807) is 0 Å². The van der Waals surface area contributed by atoms with Crippen LogP contribution in [0.15, 0.2) is 24.3 Å². The molecule has 1 N–H and O–H groups in total. The summed E-state index contributed by atoms with van der Waals surface area (Å²) in [5.41, 5.74) is 0.725. The zero-order chi connectivity index (χ0) is 19.9. The first-order chi connectivity index (χ1) is 13.6. The third-order valence-corrected chi connectivity index (χ3v) is 5.81. The lowest BCUT2D eigenvalue weighted by Crippen LogP contribution is -2.42. The van der Waals surface area contributed by atoms with Gasteiger partial charge in [0, 0.05) is 31.5 Å². The van der Waals surface area contributed by atoms with Crippen LogP contribution in [0.3, 0.4) is 0 Å². The Morgan fingerprint density at radius 2 is 1.75 bits per heavy atom. The first-order valence-corrected chi connectivity index (χ1v) is 10.7. The average molecular weight is 388 g/mol. The van der Waals surface area contributed by atoms with Crippen molar-refractivity contribution in [1.29, 1.82) is 0 Å². The van der Waals surface area contributed by atoms with E-state index in [9.17, 15) is 9.59 Å². The van der Waals surface area contributed by atoms with Crippen molar-refractivity contribution in [2.24, 2.45) is 11.8 Å². The molecule has 0 atom stereocenters. The van der Waals surface area contributed by atoms with Crippen molar-refractivity contribution in [3.63, 3.8) is 0 Å². The Labute approximate surface area is 168 Å². The van der Waals surface area contributed by atoms with Crippen LogP contribution >= 0.6 is 0 Å². The van der Waals surface area contributed by atoms with Gasteiger partial charge in [0.2, 0.25) is 11.8 Å². The number of piperidine rings is 1. The van der Waals surface area contributed by atoms with Crippen LogP contribution in [0, 0.1) is 11.8 Å². The summed E-state index contributed by atoms with van der Waals surface area (Å²) < 4.78 is 5.93. The third kappa shape index (κ3) is 5.47. The number of ether oxygens (including phenoxy) is 1. The van der Waals surface area contributed by atoms with Crippen molar-refractivity contribution in [3.8, 4) is 5.75 Å². The minimum Gasteiger partial charge on any atom is -0.490 e. The maximum atomic E-state index is 12.7.